The molecule has 35 heavy (non-hydrogen) atoms. The zero-order valence-electron chi connectivity index (χ0n) is 21.0. The van der Waals surface area contributed by atoms with E-state index in [1.54, 1.807) is 18.2 Å². The van der Waals surface area contributed by atoms with Crippen molar-refractivity contribution in [2.45, 2.75) is 59.4 Å². The summed E-state index contributed by atoms with van der Waals surface area (Å²) in [6.45, 7) is 9.61. The van der Waals surface area contributed by atoms with Gasteiger partial charge in [0.25, 0.3) is 5.91 Å². The van der Waals surface area contributed by atoms with Gasteiger partial charge in [-0.05, 0) is 109 Å². The molecular formula is C30H35BrN2O2. The van der Waals surface area contributed by atoms with Crippen LogP contribution in [0.2, 0.25) is 0 Å². The number of phenolic OH excluding ortho intramolecular Hbond substituents is 1. The molecule has 184 valence electrons. The molecule has 0 bridgehead atoms. The van der Waals surface area contributed by atoms with E-state index in [0.717, 1.165) is 35.8 Å². The number of fused-ring (bicyclic) bond motifs is 1. The van der Waals surface area contributed by atoms with E-state index in [4.69, 9.17) is 0 Å². The highest BCUT2D eigenvalue weighted by molar-refractivity contribution is 9.10. The zero-order valence-corrected chi connectivity index (χ0v) is 22.6. The first-order valence-corrected chi connectivity index (χ1v) is 13.1. The topological polar surface area (TPSA) is 61.4 Å². The number of phenols is 1. The van der Waals surface area contributed by atoms with E-state index >= 15 is 0 Å². The fourth-order valence-corrected chi connectivity index (χ4v) is 5.46. The van der Waals surface area contributed by atoms with Gasteiger partial charge in [0.15, 0.2) is 0 Å². The normalized spacial score (nSPS) is 15.1. The van der Waals surface area contributed by atoms with Crippen LogP contribution < -0.4 is 10.6 Å². The zero-order chi connectivity index (χ0) is 25.2. The number of hydrogen-bond acceptors (Lipinski definition) is 3. The van der Waals surface area contributed by atoms with Gasteiger partial charge in [-0.2, -0.15) is 0 Å². The number of aromatic hydroxyl groups is 1. The Morgan fingerprint density at radius 1 is 1.11 bits per heavy atom. The fourth-order valence-electron chi connectivity index (χ4n) is 5.20. The third kappa shape index (κ3) is 5.90. The molecule has 4 rings (SSSR count). The largest absolute Gasteiger partial charge is 0.507 e. The first kappa shape index (κ1) is 25.3. The van der Waals surface area contributed by atoms with Gasteiger partial charge < -0.3 is 15.7 Å². The minimum Gasteiger partial charge on any atom is -0.507 e. The molecule has 3 N–H and O–H groups in total. The predicted octanol–water partition coefficient (Wildman–Crippen LogP) is 7.26. The Kier molecular flexibility index (Phi) is 7.56. The second-order valence-electron chi connectivity index (χ2n) is 10.5. The molecule has 0 saturated carbocycles. The third-order valence-electron chi connectivity index (χ3n) is 7.24. The third-order valence-corrected chi connectivity index (χ3v) is 7.77. The summed E-state index contributed by atoms with van der Waals surface area (Å²) in [5.74, 6) is -0.213. The second kappa shape index (κ2) is 10.4. The maximum Gasteiger partial charge on any atom is 0.255 e. The van der Waals surface area contributed by atoms with Crippen LogP contribution in [0.4, 0.5) is 5.69 Å². The summed E-state index contributed by atoms with van der Waals surface area (Å²) in [5.41, 5.74) is 8.62. The van der Waals surface area contributed by atoms with Gasteiger partial charge in [0.1, 0.15) is 5.75 Å². The summed E-state index contributed by atoms with van der Waals surface area (Å²) in [6.07, 6.45) is 4.03. The molecule has 1 atom stereocenters. The van der Waals surface area contributed by atoms with Crippen molar-refractivity contribution in [3.8, 4) is 5.75 Å². The van der Waals surface area contributed by atoms with E-state index in [1.165, 1.54) is 33.9 Å². The Bertz CT molecular complexity index is 1220. The van der Waals surface area contributed by atoms with Crippen LogP contribution in [-0.4, -0.2) is 17.6 Å². The summed E-state index contributed by atoms with van der Waals surface area (Å²) < 4.78 is 1.09. The molecule has 0 aromatic heterocycles. The van der Waals surface area contributed by atoms with Gasteiger partial charge in [0.2, 0.25) is 0 Å². The molecule has 3 aromatic carbocycles. The SMILES string of the molecule is Cc1cc2c(c(C)c1CC(C)(C)CCNC(=O)c1ccccc1O)CCC2Nc1ccc(Br)cc1. The number of carbonyl (C=O) groups is 1. The monoisotopic (exact) mass is 534 g/mol. The van der Waals surface area contributed by atoms with Crippen molar-refractivity contribution in [3.63, 3.8) is 0 Å². The van der Waals surface area contributed by atoms with Crippen molar-refractivity contribution in [1.82, 2.24) is 5.32 Å². The molecule has 0 radical (unpaired) electrons. The van der Waals surface area contributed by atoms with Gasteiger partial charge >= 0.3 is 0 Å². The average molecular weight is 536 g/mol. The summed E-state index contributed by atoms with van der Waals surface area (Å²) >= 11 is 3.51. The number of para-hydroxylation sites is 1. The Morgan fingerprint density at radius 2 is 1.83 bits per heavy atom. The lowest BCUT2D eigenvalue weighted by Crippen LogP contribution is -2.29. The van der Waals surface area contributed by atoms with E-state index in [0.29, 0.717) is 18.2 Å². The minimum absolute atomic E-state index is 0.0154. The molecule has 4 nitrogen and oxygen atoms in total. The Hall–Kier alpha value is -2.79. The maximum atomic E-state index is 12.4. The number of nitrogens with one attached hydrogen (secondary N) is 2. The Balaban J connectivity index is 1.42. The lowest BCUT2D eigenvalue weighted by Gasteiger charge is -2.28. The van der Waals surface area contributed by atoms with Crippen LogP contribution in [0.5, 0.6) is 5.75 Å². The van der Waals surface area contributed by atoms with Crippen LogP contribution in [0.25, 0.3) is 0 Å². The second-order valence-corrected chi connectivity index (χ2v) is 11.4. The molecule has 0 aliphatic heterocycles. The Labute approximate surface area is 217 Å². The van der Waals surface area contributed by atoms with Crippen LogP contribution in [0.15, 0.2) is 59.1 Å². The van der Waals surface area contributed by atoms with Gasteiger partial charge in [0, 0.05) is 16.7 Å². The number of benzene rings is 3. The van der Waals surface area contributed by atoms with Crippen molar-refractivity contribution >= 4 is 27.5 Å². The highest BCUT2D eigenvalue weighted by atomic mass is 79.9. The highest BCUT2D eigenvalue weighted by Crippen LogP contribution is 2.40. The first-order valence-electron chi connectivity index (χ1n) is 12.3. The van der Waals surface area contributed by atoms with Gasteiger partial charge in [-0.3, -0.25) is 4.79 Å². The van der Waals surface area contributed by atoms with E-state index in [2.05, 4.69) is 84.6 Å². The van der Waals surface area contributed by atoms with Crippen LogP contribution in [0.3, 0.4) is 0 Å². The Morgan fingerprint density at radius 3 is 2.54 bits per heavy atom. The minimum atomic E-state index is -0.229. The summed E-state index contributed by atoms with van der Waals surface area (Å²) in [5, 5.41) is 16.6. The molecule has 0 fully saturated rings. The molecule has 1 unspecified atom stereocenters. The summed E-state index contributed by atoms with van der Waals surface area (Å²) in [7, 11) is 0. The van der Waals surface area contributed by atoms with E-state index < -0.39 is 0 Å². The highest BCUT2D eigenvalue weighted by Gasteiger charge is 2.28. The van der Waals surface area contributed by atoms with Gasteiger partial charge in [-0.15, -0.1) is 0 Å². The van der Waals surface area contributed by atoms with Crippen molar-refractivity contribution in [1.29, 1.82) is 0 Å². The van der Waals surface area contributed by atoms with E-state index in [1.807, 2.05) is 0 Å². The lowest BCUT2D eigenvalue weighted by molar-refractivity contribution is 0.0946. The molecule has 1 amide bonds. The number of aryl methyl sites for hydroxylation is 1. The van der Waals surface area contributed by atoms with E-state index in [-0.39, 0.29) is 17.1 Å². The van der Waals surface area contributed by atoms with Gasteiger partial charge in [-0.25, -0.2) is 0 Å². The molecule has 5 heteroatoms. The molecule has 0 heterocycles. The smallest absolute Gasteiger partial charge is 0.255 e. The van der Waals surface area contributed by atoms with Crippen LogP contribution in [0, 0.1) is 19.3 Å². The summed E-state index contributed by atoms with van der Waals surface area (Å²) in [6, 6.07) is 17.8. The van der Waals surface area contributed by atoms with Crippen molar-refractivity contribution in [2.75, 3.05) is 11.9 Å². The van der Waals surface area contributed by atoms with Crippen molar-refractivity contribution < 1.29 is 9.90 Å². The van der Waals surface area contributed by atoms with Crippen molar-refractivity contribution in [2.24, 2.45) is 5.41 Å². The predicted molar refractivity (Wildman–Crippen MR) is 147 cm³/mol. The van der Waals surface area contributed by atoms with Gasteiger partial charge in [0.05, 0.1) is 11.6 Å². The molecule has 0 spiro atoms. The summed E-state index contributed by atoms with van der Waals surface area (Å²) in [4.78, 5) is 12.4. The standard InChI is InChI=1S/C30H35BrN2O2/c1-19-17-25-23(13-14-27(25)33-22-11-9-21(31)10-12-22)20(2)26(19)18-30(3,4)15-16-32-29(35)24-7-5-6-8-28(24)34/h5-12,17,27,33-34H,13-16,18H2,1-4H3,(H,32,35). The quantitative estimate of drug-likeness (QED) is 0.285. The number of amides is 1. The fraction of sp³-hybridized carbons (Fsp3) is 0.367. The average Bonchev–Trinajstić information content (AvgIpc) is 3.20. The van der Waals surface area contributed by atoms with E-state index in [9.17, 15) is 9.90 Å². The molecule has 3 aromatic rings. The van der Waals surface area contributed by atoms with Crippen LogP contribution >= 0.6 is 15.9 Å². The molecule has 1 aliphatic rings. The molecule has 1 aliphatic carbocycles. The number of hydrogen-bond donors (Lipinski definition) is 3. The molecule has 0 saturated heterocycles. The van der Waals surface area contributed by atoms with Crippen LogP contribution in [-0.2, 0) is 12.8 Å². The van der Waals surface area contributed by atoms with Gasteiger partial charge in [-0.1, -0.05) is 48.0 Å². The number of halogens is 1. The number of anilines is 1. The van der Waals surface area contributed by atoms with Crippen LogP contribution in [0.1, 0.15) is 70.9 Å². The molecular weight excluding hydrogens is 500 g/mol. The van der Waals surface area contributed by atoms with Crippen molar-refractivity contribution in [3.05, 3.63) is 92.5 Å². The number of rotatable bonds is 8. The maximum absolute atomic E-state index is 12.4. The lowest BCUT2D eigenvalue weighted by atomic mass is 9.79. The number of carbonyl (C=O) groups excluding carboxylic acids is 1. The first-order chi connectivity index (χ1) is 16.6.